The van der Waals surface area contributed by atoms with Gasteiger partial charge in [0, 0.05) is 25.7 Å². The summed E-state index contributed by atoms with van der Waals surface area (Å²) in [5, 5.41) is 10.0. The molecule has 0 saturated carbocycles. The highest BCUT2D eigenvalue weighted by atomic mass is 127. The number of rotatable bonds is 8. The molecule has 164 valence electrons. The van der Waals surface area contributed by atoms with Crippen molar-refractivity contribution >= 4 is 53.1 Å². The Morgan fingerprint density at radius 3 is 2.50 bits per heavy atom. The molecule has 1 atom stereocenters. The summed E-state index contributed by atoms with van der Waals surface area (Å²) in [7, 11) is 1.67. The van der Waals surface area contributed by atoms with Crippen LogP contribution in [0.1, 0.15) is 50.6 Å². The van der Waals surface area contributed by atoms with Crippen LogP contribution >= 0.6 is 35.3 Å². The van der Waals surface area contributed by atoms with Gasteiger partial charge in [0.2, 0.25) is 0 Å². The molecule has 3 N–H and O–H groups in total. The first-order valence-corrected chi connectivity index (χ1v) is 10.2. The number of aryl methyl sites for hydroxylation is 1. The van der Waals surface area contributed by atoms with Crippen molar-refractivity contribution in [2.24, 2.45) is 4.99 Å². The Bertz CT molecular complexity index is 857. The minimum atomic E-state index is -0.349. The van der Waals surface area contributed by atoms with Crippen molar-refractivity contribution in [1.82, 2.24) is 20.9 Å². The number of aromatic nitrogens is 1. The van der Waals surface area contributed by atoms with Crippen LogP contribution in [-0.4, -0.2) is 49.6 Å². The molecule has 1 unspecified atom stereocenters. The topological polar surface area (TPSA) is 105 Å². The number of thiazole rings is 1. The van der Waals surface area contributed by atoms with Gasteiger partial charge in [0.1, 0.15) is 9.88 Å². The van der Waals surface area contributed by atoms with E-state index in [2.05, 4.69) is 25.9 Å². The van der Waals surface area contributed by atoms with Gasteiger partial charge in [0.15, 0.2) is 5.96 Å². The minimum Gasteiger partial charge on any atom is -0.462 e. The Labute approximate surface area is 197 Å². The predicted octanol–water partition coefficient (Wildman–Crippen LogP) is 2.90. The lowest BCUT2D eigenvalue weighted by atomic mass is 10.2. The summed E-state index contributed by atoms with van der Waals surface area (Å²) in [4.78, 5) is 33.2. The van der Waals surface area contributed by atoms with Crippen LogP contribution in [0.5, 0.6) is 0 Å². The molecule has 0 spiro atoms. The monoisotopic (exact) mass is 545 g/mol. The van der Waals surface area contributed by atoms with Crippen molar-refractivity contribution in [2.45, 2.75) is 26.8 Å². The van der Waals surface area contributed by atoms with Gasteiger partial charge in [-0.25, -0.2) is 9.78 Å². The molecular formula is C20H28IN5O3S. The van der Waals surface area contributed by atoms with E-state index >= 15 is 0 Å². The van der Waals surface area contributed by atoms with Crippen molar-refractivity contribution in [3.63, 3.8) is 0 Å². The second-order valence-electron chi connectivity index (χ2n) is 6.17. The fourth-order valence-electron chi connectivity index (χ4n) is 2.50. The number of nitrogens with one attached hydrogen (secondary N) is 3. The van der Waals surface area contributed by atoms with Gasteiger partial charge in [-0.1, -0.05) is 18.2 Å². The standard InChI is InChI=1S/C20H27N5O3S.HI/c1-5-28-19(27)16-13(2)24-18(29-16)14(3)25-20(21-4)23-12-11-22-17(26)15-9-7-6-8-10-15;/h6-10,14H,5,11-12H2,1-4H3,(H,22,26)(H2,21,23,25);1H. The number of benzene rings is 1. The van der Waals surface area contributed by atoms with E-state index in [1.165, 1.54) is 11.3 Å². The van der Waals surface area contributed by atoms with Gasteiger partial charge < -0.3 is 20.7 Å². The number of esters is 1. The summed E-state index contributed by atoms with van der Waals surface area (Å²) in [5.74, 6) is 0.114. The van der Waals surface area contributed by atoms with Crippen molar-refractivity contribution in [3.05, 3.63) is 51.5 Å². The molecule has 0 aliphatic heterocycles. The van der Waals surface area contributed by atoms with Crippen LogP contribution in [0.15, 0.2) is 35.3 Å². The third-order valence-electron chi connectivity index (χ3n) is 3.96. The molecule has 1 heterocycles. The van der Waals surface area contributed by atoms with E-state index in [4.69, 9.17) is 4.74 Å². The zero-order valence-electron chi connectivity index (χ0n) is 17.5. The van der Waals surface area contributed by atoms with Gasteiger partial charge in [-0.2, -0.15) is 0 Å². The number of amides is 1. The van der Waals surface area contributed by atoms with Gasteiger partial charge in [0.05, 0.1) is 18.3 Å². The van der Waals surface area contributed by atoms with Gasteiger partial charge in [-0.05, 0) is 32.9 Å². The van der Waals surface area contributed by atoms with Gasteiger partial charge in [0.25, 0.3) is 5.91 Å². The average molecular weight is 545 g/mol. The molecule has 0 aliphatic carbocycles. The lowest BCUT2D eigenvalue weighted by molar-refractivity contribution is 0.0531. The van der Waals surface area contributed by atoms with Crippen molar-refractivity contribution in [2.75, 3.05) is 26.7 Å². The van der Waals surface area contributed by atoms with Gasteiger partial charge in [-0.15, -0.1) is 35.3 Å². The molecule has 0 aliphatic rings. The first kappa shape index (κ1) is 25.8. The van der Waals surface area contributed by atoms with E-state index in [1.54, 1.807) is 33.0 Å². The van der Waals surface area contributed by atoms with Crippen LogP contribution in [0.3, 0.4) is 0 Å². The number of aliphatic imine (C=N–C) groups is 1. The summed E-state index contributed by atoms with van der Waals surface area (Å²) < 4.78 is 5.06. The Morgan fingerprint density at radius 1 is 1.20 bits per heavy atom. The van der Waals surface area contributed by atoms with Crippen LogP contribution in [0.25, 0.3) is 0 Å². The van der Waals surface area contributed by atoms with Crippen molar-refractivity contribution < 1.29 is 14.3 Å². The highest BCUT2D eigenvalue weighted by Crippen LogP contribution is 2.24. The summed E-state index contributed by atoms with van der Waals surface area (Å²) >= 11 is 1.31. The summed E-state index contributed by atoms with van der Waals surface area (Å²) in [6, 6.07) is 8.92. The summed E-state index contributed by atoms with van der Waals surface area (Å²) in [5.41, 5.74) is 1.28. The van der Waals surface area contributed by atoms with Gasteiger partial charge >= 0.3 is 5.97 Å². The quantitative estimate of drug-likeness (QED) is 0.155. The number of hydrogen-bond donors (Lipinski definition) is 3. The Balaban J connectivity index is 0.00000450. The van der Waals surface area contributed by atoms with E-state index in [0.29, 0.717) is 41.8 Å². The third kappa shape index (κ3) is 7.56. The molecule has 1 aromatic carbocycles. The smallest absolute Gasteiger partial charge is 0.350 e. The first-order valence-electron chi connectivity index (χ1n) is 9.41. The molecule has 8 nitrogen and oxygen atoms in total. The van der Waals surface area contributed by atoms with Crippen LogP contribution in [0.2, 0.25) is 0 Å². The largest absolute Gasteiger partial charge is 0.462 e. The van der Waals surface area contributed by atoms with Crippen LogP contribution in [0, 0.1) is 6.92 Å². The van der Waals surface area contributed by atoms with Crippen LogP contribution in [0.4, 0.5) is 0 Å². The van der Waals surface area contributed by atoms with E-state index in [0.717, 1.165) is 5.01 Å². The second kappa shape index (κ2) is 13.2. The lowest BCUT2D eigenvalue weighted by Crippen LogP contribution is -2.42. The minimum absolute atomic E-state index is 0. The summed E-state index contributed by atoms with van der Waals surface area (Å²) in [6.07, 6.45) is 0. The molecule has 30 heavy (non-hydrogen) atoms. The molecule has 1 amide bonds. The van der Waals surface area contributed by atoms with Crippen molar-refractivity contribution in [3.8, 4) is 0 Å². The molecule has 1 aromatic heterocycles. The fraction of sp³-hybridized carbons (Fsp3) is 0.400. The zero-order valence-corrected chi connectivity index (χ0v) is 20.7. The Morgan fingerprint density at radius 2 is 1.87 bits per heavy atom. The van der Waals surface area contributed by atoms with E-state index < -0.39 is 0 Å². The number of carbonyl (C=O) groups is 2. The number of nitrogens with zero attached hydrogens (tertiary/aromatic N) is 2. The third-order valence-corrected chi connectivity index (χ3v) is 5.28. The first-order chi connectivity index (χ1) is 14.0. The summed E-state index contributed by atoms with van der Waals surface area (Å²) in [6.45, 7) is 6.80. The fourth-order valence-corrected chi connectivity index (χ4v) is 3.46. The normalized spacial score (nSPS) is 11.8. The average Bonchev–Trinajstić information content (AvgIpc) is 3.12. The highest BCUT2D eigenvalue weighted by Gasteiger charge is 2.20. The number of guanidine groups is 1. The van der Waals surface area contributed by atoms with Gasteiger partial charge in [-0.3, -0.25) is 9.79 Å². The van der Waals surface area contributed by atoms with E-state index in [-0.39, 0.29) is 41.9 Å². The van der Waals surface area contributed by atoms with E-state index in [9.17, 15) is 9.59 Å². The van der Waals surface area contributed by atoms with Crippen LogP contribution < -0.4 is 16.0 Å². The molecule has 2 aromatic rings. The number of halogens is 1. The molecule has 0 radical (unpaired) electrons. The SMILES string of the molecule is CCOC(=O)c1sc(C(C)NC(=NC)NCCNC(=O)c2ccccc2)nc1C.I. The predicted molar refractivity (Wildman–Crippen MR) is 130 cm³/mol. The number of hydrogen-bond acceptors (Lipinski definition) is 6. The molecule has 0 fully saturated rings. The maximum atomic E-state index is 12.0. The van der Waals surface area contributed by atoms with E-state index in [1.807, 2.05) is 25.1 Å². The molecule has 10 heteroatoms. The molecular weight excluding hydrogens is 517 g/mol. The molecule has 2 rings (SSSR count). The lowest BCUT2D eigenvalue weighted by Gasteiger charge is -2.16. The number of carbonyl (C=O) groups excluding carboxylic acids is 2. The zero-order chi connectivity index (χ0) is 21.2. The Hall–Kier alpha value is -2.21. The maximum absolute atomic E-state index is 12.0. The molecule has 0 bridgehead atoms. The van der Waals surface area contributed by atoms with Crippen molar-refractivity contribution in [1.29, 1.82) is 0 Å². The maximum Gasteiger partial charge on any atom is 0.350 e. The van der Waals surface area contributed by atoms with Crippen LogP contribution in [-0.2, 0) is 4.74 Å². The Kier molecular flexibility index (Phi) is 11.3. The molecule has 0 saturated heterocycles. The highest BCUT2D eigenvalue weighted by molar-refractivity contribution is 14.0. The number of ether oxygens (including phenoxy) is 1. The second-order valence-corrected chi connectivity index (χ2v) is 7.20.